The van der Waals surface area contributed by atoms with Gasteiger partial charge < -0.3 is 10.4 Å². The molecule has 0 saturated heterocycles. The molecule has 224 valence electrons. The maximum atomic E-state index is 13.1. The Hall–Kier alpha value is -1.88. The van der Waals surface area contributed by atoms with E-state index in [1.54, 1.807) is 13.2 Å². The van der Waals surface area contributed by atoms with Crippen molar-refractivity contribution >= 4 is 23.5 Å². The van der Waals surface area contributed by atoms with E-state index in [2.05, 4.69) is 65.9 Å². The Morgan fingerprint density at radius 2 is 1.73 bits per heavy atom. The fourth-order valence-electron chi connectivity index (χ4n) is 11.7. The molecule has 0 spiro atoms. The summed E-state index contributed by atoms with van der Waals surface area (Å²) in [5.41, 5.74) is 3.41. The first-order valence-electron chi connectivity index (χ1n) is 15.8. The molecule has 6 rings (SSSR count). The van der Waals surface area contributed by atoms with Crippen LogP contribution >= 0.6 is 11.6 Å². The third-order valence-electron chi connectivity index (χ3n) is 14.2. The summed E-state index contributed by atoms with van der Waals surface area (Å²) in [6.45, 7) is 16.6. The quantitative estimate of drug-likeness (QED) is 0.279. The molecule has 3 saturated carbocycles. The number of amides is 1. The predicted molar refractivity (Wildman–Crippen MR) is 163 cm³/mol. The van der Waals surface area contributed by atoms with Crippen molar-refractivity contribution in [3.8, 4) is 0 Å². The van der Waals surface area contributed by atoms with Crippen molar-refractivity contribution in [3.63, 3.8) is 0 Å². The van der Waals surface area contributed by atoms with Crippen LogP contribution in [0, 0.1) is 45.3 Å². The second-order valence-corrected chi connectivity index (χ2v) is 16.8. The molecule has 1 heterocycles. The van der Waals surface area contributed by atoms with E-state index >= 15 is 0 Å². The first kappa shape index (κ1) is 29.2. The van der Waals surface area contributed by atoms with Crippen LogP contribution in [-0.2, 0) is 16.6 Å². The minimum Gasteiger partial charge on any atom is -0.481 e. The van der Waals surface area contributed by atoms with Crippen LogP contribution in [0.2, 0.25) is 0 Å². The van der Waals surface area contributed by atoms with Crippen molar-refractivity contribution in [2.75, 3.05) is 7.05 Å². The van der Waals surface area contributed by atoms with Crippen LogP contribution in [0.15, 0.2) is 23.9 Å². The highest BCUT2D eigenvalue weighted by Gasteiger charge is 2.71. The number of alkyl halides is 1. The lowest BCUT2D eigenvalue weighted by Crippen LogP contribution is -2.66. The van der Waals surface area contributed by atoms with Crippen LogP contribution in [0.5, 0.6) is 0 Å². The Bertz CT molecular complexity index is 1350. The first-order chi connectivity index (χ1) is 19.0. The average Bonchev–Trinajstić information content (AvgIpc) is 2.90. The molecule has 1 aromatic rings. The lowest BCUT2D eigenvalue weighted by atomic mass is 9.33. The zero-order valence-corrected chi connectivity index (χ0v) is 27.0. The maximum absolute atomic E-state index is 13.1. The van der Waals surface area contributed by atoms with Crippen molar-refractivity contribution in [2.24, 2.45) is 45.3 Å². The van der Waals surface area contributed by atoms with Gasteiger partial charge in [-0.15, -0.1) is 11.6 Å². The molecule has 1 amide bonds. The summed E-state index contributed by atoms with van der Waals surface area (Å²) in [5, 5.41) is 13.5. The number of hydrogen-bond donors (Lipinski definition) is 2. The fraction of sp³-hybridized carbons (Fsp3) is 0.743. The number of halogens is 1. The van der Waals surface area contributed by atoms with Crippen molar-refractivity contribution in [1.29, 1.82) is 0 Å². The Kier molecular flexibility index (Phi) is 6.29. The van der Waals surface area contributed by atoms with Gasteiger partial charge in [0, 0.05) is 30.3 Å². The molecule has 5 nitrogen and oxygen atoms in total. The summed E-state index contributed by atoms with van der Waals surface area (Å²) < 4.78 is 0. The second-order valence-electron chi connectivity index (χ2n) is 16.0. The molecule has 6 heteroatoms. The number of rotatable bonds is 2. The van der Waals surface area contributed by atoms with E-state index in [1.807, 2.05) is 0 Å². The monoisotopic (exact) mass is 580 g/mol. The van der Waals surface area contributed by atoms with E-state index in [0.717, 1.165) is 50.6 Å². The molecule has 0 bridgehead atoms. The first-order valence-corrected chi connectivity index (χ1v) is 16.2. The smallest absolute Gasteiger partial charge is 0.310 e. The molecule has 5 aliphatic rings. The normalized spacial score (nSPS) is 46.0. The Labute approximate surface area is 251 Å². The highest BCUT2D eigenvalue weighted by Crippen LogP contribution is 2.76. The summed E-state index contributed by atoms with van der Waals surface area (Å²) in [4.78, 5) is 29.9. The van der Waals surface area contributed by atoms with Crippen LogP contribution in [0.3, 0.4) is 0 Å². The summed E-state index contributed by atoms with van der Waals surface area (Å²) in [6.07, 6.45) is 11.5. The molecular weight excluding hydrogens is 532 g/mol. The number of nitrogens with zero attached hydrogens (tertiary/aromatic N) is 1. The lowest BCUT2D eigenvalue weighted by molar-refractivity contribution is -0.177. The van der Waals surface area contributed by atoms with Gasteiger partial charge in [0.2, 0.25) is 0 Å². The van der Waals surface area contributed by atoms with Gasteiger partial charge >= 0.3 is 5.97 Å². The topological polar surface area (TPSA) is 79.3 Å². The predicted octanol–water partition coefficient (Wildman–Crippen LogP) is 7.56. The molecule has 3 fully saturated rings. The van der Waals surface area contributed by atoms with Gasteiger partial charge in [-0.05, 0) is 104 Å². The zero-order valence-electron chi connectivity index (χ0n) is 26.3. The van der Waals surface area contributed by atoms with Gasteiger partial charge in [-0.25, -0.2) is 0 Å². The van der Waals surface area contributed by atoms with Crippen molar-refractivity contribution < 1.29 is 14.7 Å². The average molecular weight is 581 g/mol. The SMILES string of the molecule is CNC(=O)c1cnc2c(c1)CC1(C)C(CCC3(C)C1CC=C1C4C(C(=O)O)(CCC(C)C4(C)Cl)CCC13C)C2(C)C. The fourth-order valence-corrected chi connectivity index (χ4v) is 12.1. The van der Waals surface area contributed by atoms with Crippen molar-refractivity contribution in [2.45, 2.75) is 110 Å². The molecule has 9 unspecified atom stereocenters. The number of allylic oxidation sites excluding steroid dienone is 2. The largest absolute Gasteiger partial charge is 0.481 e. The molecule has 9 atom stereocenters. The van der Waals surface area contributed by atoms with Gasteiger partial charge in [-0.2, -0.15) is 0 Å². The van der Waals surface area contributed by atoms with Crippen molar-refractivity contribution in [3.05, 3.63) is 40.7 Å². The van der Waals surface area contributed by atoms with Crippen molar-refractivity contribution in [1.82, 2.24) is 10.3 Å². The number of fused-ring (bicyclic) bond motifs is 8. The molecule has 0 aromatic carbocycles. The van der Waals surface area contributed by atoms with E-state index in [-0.39, 0.29) is 39.4 Å². The Morgan fingerprint density at radius 3 is 2.39 bits per heavy atom. The number of carbonyl (C=O) groups excluding carboxylic acids is 1. The molecule has 1 aromatic heterocycles. The van der Waals surface area contributed by atoms with Gasteiger partial charge in [0.15, 0.2) is 0 Å². The van der Waals surface area contributed by atoms with Crippen LogP contribution < -0.4 is 5.32 Å². The number of pyridine rings is 1. The van der Waals surface area contributed by atoms with E-state index < -0.39 is 16.3 Å². The molecule has 0 aliphatic heterocycles. The van der Waals surface area contributed by atoms with Crippen LogP contribution in [0.1, 0.15) is 115 Å². The third kappa shape index (κ3) is 3.50. The summed E-state index contributed by atoms with van der Waals surface area (Å²) in [7, 11) is 1.67. The van der Waals surface area contributed by atoms with E-state index in [0.29, 0.717) is 23.8 Å². The van der Waals surface area contributed by atoms with Gasteiger partial charge in [0.05, 0.1) is 15.9 Å². The van der Waals surface area contributed by atoms with Gasteiger partial charge in [0.25, 0.3) is 5.91 Å². The maximum Gasteiger partial charge on any atom is 0.310 e. The Balaban J connectivity index is 1.48. The standard InChI is InChI=1S/C35H49ClN2O3/c1-20-11-14-35(29(40)41)16-15-32(5)23(26(35)34(20,7)36)9-10-25-31(4)18-21-17-22(28(39)37-8)19-38-27(21)30(2,3)24(31)12-13-33(25,32)6/h9,17,19-20,24-26H,10-16,18H2,1-8H3,(H,37,39)(H,40,41). The highest BCUT2D eigenvalue weighted by molar-refractivity contribution is 6.24. The number of nitrogens with one attached hydrogen (secondary N) is 1. The van der Waals surface area contributed by atoms with Gasteiger partial charge in [-0.3, -0.25) is 14.6 Å². The summed E-state index contributed by atoms with van der Waals surface area (Å²) >= 11 is 7.47. The van der Waals surface area contributed by atoms with Gasteiger partial charge in [-0.1, -0.05) is 53.2 Å². The number of carboxylic acid groups (broad SMARTS) is 1. The third-order valence-corrected chi connectivity index (χ3v) is 14.8. The number of carboxylic acids is 1. The van der Waals surface area contributed by atoms with Crippen LogP contribution in [0.4, 0.5) is 0 Å². The second kappa shape index (κ2) is 8.83. The Morgan fingerprint density at radius 1 is 1.02 bits per heavy atom. The highest BCUT2D eigenvalue weighted by atomic mass is 35.5. The van der Waals surface area contributed by atoms with Crippen LogP contribution in [-0.4, -0.2) is 33.9 Å². The minimum absolute atomic E-state index is 0.0278. The lowest BCUT2D eigenvalue weighted by Gasteiger charge is -2.71. The van der Waals surface area contributed by atoms with E-state index in [1.165, 1.54) is 11.1 Å². The number of aromatic nitrogens is 1. The van der Waals surface area contributed by atoms with Crippen LogP contribution in [0.25, 0.3) is 0 Å². The molecular formula is C35H49ClN2O3. The molecule has 2 N–H and O–H groups in total. The molecule has 41 heavy (non-hydrogen) atoms. The summed E-state index contributed by atoms with van der Waals surface area (Å²) in [5.74, 6) is 0.290. The number of carbonyl (C=O) groups is 2. The molecule has 5 aliphatic carbocycles. The number of hydrogen-bond acceptors (Lipinski definition) is 3. The summed E-state index contributed by atoms with van der Waals surface area (Å²) in [6, 6.07) is 2.09. The number of aliphatic carboxylic acids is 1. The van der Waals surface area contributed by atoms with E-state index in [9.17, 15) is 14.7 Å². The molecule has 0 radical (unpaired) electrons. The van der Waals surface area contributed by atoms with E-state index in [4.69, 9.17) is 16.6 Å². The van der Waals surface area contributed by atoms with Gasteiger partial charge in [0.1, 0.15) is 0 Å². The zero-order chi connectivity index (χ0) is 30.0. The minimum atomic E-state index is -0.771.